The monoisotopic (exact) mass is 116 g/mol. The molecule has 0 atom stereocenters. The first kappa shape index (κ1) is 4.71. The summed E-state index contributed by atoms with van der Waals surface area (Å²) in [7, 11) is 0.195. The third kappa shape index (κ3) is 0.770. The van der Waals surface area contributed by atoms with Gasteiger partial charge in [0.25, 0.3) is 0 Å². The smallest absolute Gasteiger partial charge is 0.160 e. The molecule has 0 amide bonds. The molecule has 0 bridgehead atoms. The second kappa shape index (κ2) is 1.58. The molecule has 3 heteroatoms. The van der Waals surface area contributed by atoms with Crippen molar-refractivity contribution in [2.24, 2.45) is 0 Å². The van der Waals surface area contributed by atoms with Gasteiger partial charge in [0.15, 0.2) is 11.7 Å². The Balaban J connectivity index is 2.97. The van der Waals surface area contributed by atoms with E-state index in [9.17, 15) is 8.78 Å². The maximum absolute atomic E-state index is 11.7. The molecule has 0 saturated heterocycles. The fraction of sp³-hybridized carbons (Fsp3) is 0. The molecule has 0 radical (unpaired) electrons. The Labute approximate surface area is 41.5 Å². The molecule has 0 unspecified atom stereocenters. The minimum Gasteiger partial charge on any atom is -0.204 e. The van der Waals surface area contributed by atoms with Gasteiger partial charge in [-0.05, 0) is 20.1 Å². The summed E-state index contributed by atoms with van der Waals surface area (Å²) in [6.07, 6.45) is 0. The van der Waals surface area contributed by atoms with Gasteiger partial charge in [0.2, 0.25) is 0 Å². The van der Waals surface area contributed by atoms with Crippen LogP contribution in [0.15, 0.2) is 11.7 Å². The highest BCUT2D eigenvalue weighted by Crippen LogP contribution is 2.02. The Hall–Kier alpha value is -0.443. The first-order valence-corrected chi connectivity index (χ1v) is 2.94. The van der Waals surface area contributed by atoms with Crippen molar-refractivity contribution < 1.29 is 8.78 Å². The van der Waals surface area contributed by atoms with Crippen molar-refractivity contribution in [2.45, 2.75) is 0 Å². The van der Waals surface area contributed by atoms with E-state index in [4.69, 9.17) is 0 Å². The zero-order chi connectivity index (χ0) is 5.28. The summed E-state index contributed by atoms with van der Waals surface area (Å²) in [5.41, 5.74) is 2.46. The predicted molar refractivity (Wildman–Crippen MR) is 27.1 cm³/mol. The van der Waals surface area contributed by atoms with Gasteiger partial charge in [0, 0.05) is 0 Å². The number of rotatable bonds is 0. The highest BCUT2D eigenvalue weighted by molar-refractivity contribution is 6.62. The minimum atomic E-state index is -0.710. The van der Waals surface area contributed by atoms with E-state index < -0.39 is 11.7 Å². The molecule has 0 fully saturated rings. The normalized spacial score (nSPS) is 16.9. The lowest BCUT2D eigenvalue weighted by Gasteiger charge is -1.76. The molecular weight excluding hydrogens is 114 g/mol. The summed E-state index contributed by atoms with van der Waals surface area (Å²) in [6, 6.07) is 0. The van der Waals surface area contributed by atoms with E-state index in [1.807, 2.05) is 0 Å². The van der Waals surface area contributed by atoms with Gasteiger partial charge in [-0.15, -0.1) is 0 Å². The molecule has 1 aliphatic heterocycles. The number of allylic oxidation sites excluding steroid dienone is 2. The molecule has 1 aliphatic rings. The lowest BCUT2D eigenvalue weighted by Crippen LogP contribution is -1.71. The summed E-state index contributed by atoms with van der Waals surface area (Å²) in [5.74, 6) is -1.42. The summed E-state index contributed by atoms with van der Waals surface area (Å²) in [5, 5.41) is 0. The zero-order valence-electron chi connectivity index (χ0n) is 3.41. The van der Waals surface area contributed by atoms with Gasteiger partial charge in [-0.25, -0.2) is 8.78 Å². The average Bonchev–Trinajstić information content (AvgIpc) is 1.91. The molecule has 7 heavy (non-hydrogen) atoms. The van der Waals surface area contributed by atoms with Crippen LogP contribution in [0.25, 0.3) is 0 Å². The number of hydrogen-bond acceptors (Lipinski definition) is 0. The highest BCUT2D eigenvalue weighted by Gasteiger charge is 1.99. The Bertz CT molecular complexity index is 158. The van der Waals surface area contributed by atoms with Crippen LogP contribution in [-0.2, 0) is 0 Å². The fourth-order valence-electron chi connectivity index (χ4n) is 0.326. The van der Waals surface area contributed by atoms with Gasteiger partial charge < -0.3 is 0 Å². The van der Waals surface area contributed by atoms with E-state index in [0.29, 0.717) is 0 Å². The maximum atomic E-state index is 11.7. The molecule has 1 heterocycles. The lowest BCUT2D eigenvalue weighted by atomic mass is 10.5. The van der Waals surface area contributed by atoms with Crippen LogP contribution in [0.1, 0.15) is 0 Å². The quantitative estimate of drug-likeness (QED) is 0.403. The second-order valence-electron chi connectivity index (χ2n) is 1.15. The molecular formula is C4H2F2Si. The third-order valence-electron chi connectivity index (χ3n) is 0.648. The van der Waals surface area contributed by atoms with Crippen LogP contribution in [0, 0.1) is 0 Å². The topological polar surface area (TPSA) is 0 Å². The van der Waals surface area contributed by atoms with Gasteiger partial charge >= 0.3 is 0 Å². The Morgan fingerprint density at radius 1 is 1.14 bits per heavy atom. The van der Waals surface area contributed by atoms with Crippen molar-refractivity contribution in [3.63, 3.8) is 0 Å². The SMILES string of the molecule is FC1=C(F)C=[Si]=C1. The zero-order valence-corrected chi connectivity index (χ0v) is 4.41. The van der Waals surface area contributed by atoms with Crippen LogP contribution in [0.2, 0.25) is 0 Å². The molecule has 36 valence electrons. The van der Waals surface area contributed by atoms with E-state index in [-0.39, 0.29) is 8.74 Å². The van der Waals surface area contributed by atoms with Gasteiger partial charge in [-0.1, -0.05) is 0 Å². The van der Waals surface area contributed by atoms with E-state index in [1.54, 1.807) is 0 Å². The maximum Gasteiger partial charge on any atom is 0.160 e. The second-order valence-corrected chi connectivity index (χ2v) is 2.06. The van der Waals surface area contributed by atoms with E-state index in [2.05, 4.69) is 0 Å². The highest BCUT2D eigenvalue weighted by atomic mass is 28.1. The first-order chi connectivity index (χ1) is 3.30. The molecule has 1 rings (SSSR count). The summed E-state index contributed by atoms with van der Waals surface area (Å²) in [6.45, 7) is 0. The van der Waals surface area contributed by atoms with Crippen molar-refractivity contribution in [3.05, 3.63) is 11.7 Å². The summed E-state index contributed by atoms with van der Waals surface area (Å²) < 4.78 is 23.5. The van der Waals surface area contributed by atoms with Crippen LogP contribution >= 0.6 is 0 Å². The standard InChI is InChI=1S/C4H2F2Si/c5-3-1-7-2-4(3)6/h1-2H. The lowest BCUT2D eigenvalue weighted by molar-refractivity contribution is 0.602. The van der Waals surface area contributed by atoms with Crippen LogP contribution in [-0.4, -0.2) is 20.1 Å². The summed E-state index contributed by atoms with van der Waals surface area (Å²) >= 11 is 0. The molecule has 0 aliphatic carbocycles. The first-order valence-electron chi connectivity index (χ1n) is 1.78. The van der Waals surface area contributed by atoms with Crippen molar-refractivity contribution >= 4 is 20.1 Å². The van der Waals surface area contributed by atoms with Gasteiger partial charge in [0.1, 0.15) is 0 Å². The van der Waals surface area contributed by atoms with E-state index >= 15 is 0 Å². The average molecular weight is 116 g/mol. The molecule has 0 saturated carbocycles. The minimum absolute atomic E-state index is 0.195. The summed E-state index contributed by atoms with van der Waals surface area (Å²) in [4.78, 5) is 0. The molecule has 0 aromatic carbocycles. The Morgan fingerprint density at radius 2 is 1.57 bits per heavy atom. The van der Waals surface area contributed by atoms with Crippen molar-refractivity contribution in [1.29, 1.82) is 0 Å². The molecule has 0 aromatic heterocycles. The van der Waals surface area contributed by atoms with Crippen molar-refractivity contribution in [3.8, 4) is 0 Å². The van der Waals surface area contributed by atoms with E-state index in [0.717, 1.165) is 0 Å². The van der Waals surface area contributed by atoms with Crippen molar-refractivity contribution in [2.75, 3.05) is 0 Å². The third-order valence-corrected chi connectivity index (χ3v) is 1.49. The molecule has 0 spiro atoms. The number of halogens is 2. The number of hydrogen-bond donors (Lipinski definition) is 0. The largest absolute Gasteiger partial charge is 0.204 e. The molecule has 0 nitrogen and oxygen atoms in total. The van der Waals surface area contributed by atoms with Crippen LogP contribution in [0.5, 0.6) is 0 Å². The van der Waals surface area contributed by atoms with Gasteiger partial charge in [-0.3, -0.25) is 0 Å². The Morgan fingerprint density at radius 3 is 1.71 bits per heavy atom. The van der Waals surface area contributed by atoms with Gasteiger partial charge in [-0.2, -0.15) is 0 Å². The Kier molecular flexibility index (Phi) is 1.06. The van der Waals surface area contributed by atoms with Gasteiger partial charge in [0.05, 0.1) is 0 Å². The van der Waals surface area contributed by atoms with Crippen LogP contribution in [0.4, 0.5) is 8.78 Å². The molecule has 0 aromatic rings. The molecule has 0 N–H and O–H groups in total. The predicted octanol–water partition coefficient (Wildman–Crippen LogP) is 0.459. The van der Waals surface area contributed by atoms with Crippen molar-refractivity contribution in [1.82, 2.24) is 0 Å². The fourth-order valence-corrected chi connectivity index (χ4v) is 0.978. The van der Waals surface area contributed by atoms with E-state index in [1.165, 1.54) is 11.3 Å². The van der Waals surface area contributed by atoms with Crippen LogP contribution < -0.4 is 0 Å². The van der Waals surface area contributed by atoms with Crippen LogP contribution in [0.3, 0.4) is 0 Å².